The molecule has 0 saturated heterocycles. The molecule has 0 radical (unpaired) electrons. The second-order valence-corrected chi connectivity index (χ2v) is 4.11. The van der Waals surface area contributed by atoms with Gasteiger partial charge in [0.2, 0.25) is 0 Å². The van der Waals surface area contributed by atoms with Crippen LogP contribution in [0.15, 0.2) is 24.3 Å². The number of nitrogens with one attached hydrogen (secondary N) is 1. The largest absolute Gasteiger partial charge is 0.480 e. The molecule has 21 heavy (non-hydrogen) atoms. The number of carboxylic acid groups (broad SMARTS) is 2. The van der Waals surface area contributed by atoms with Crippen molar-refractivity contribution in [3.63, 3.8) is 0 Å². The molecule has 0 fully saturated rings. The molecule has 2 amide bonds. The van der Waals surface area contributed by atoms with Gasteiger partial charge >= 0.3 is 18.0 Å². The number of hydrogen-bond donors (Lipinski definition) is 3. The van der Waals surface area contributed by atoms with E-state index in [9.17, 15) is 14.4 Å². The lowest BCUT2D eigenvalue weighted by atomic mass is 10.1. The minimum atomic E-state index is -1.31. The minimum Gasteiger partial charge on any atom is -0.480 e. The Hall–Kier alpha value is -3.08. The zero-order valence-electron chi connectivity index (χ0n) is 10.9. The normalized spacial score (nSPS) is 9.48. The maximum atomic E-state index is 11.8. The molecule has 0 spiro atoms. The highest BCUT2D eigenvalue weighted by Gasteiger charge is 2.19. The van der Waals surface area contributed by atoms with Gasteiger partial charge in [0.05, 0.1) is 12.5 Å². The fourth-order valence-electron chi connectivity index (χ4n) is 1.53. The number of amides is 2. The molecule has 0 aromatic heterocycles. The summed E-state index contributed by atoms with van der Waals surface area (Å²) in [5.74, 6) is -2.62. The molecule has 1 rings (SSSR count). The van der Waals surface area contributed by atoms with Crippen molar-refractivity contribution in [3.05, 3.63) is 29.8 Å². The summed E-state index contributed by atoms with van der Waals surface area (Å²) in [6.07, 6.45) is 0.235. The number of urea groups is 1. The predicted molar refractivity (Wildman–Crippen MR) is 71.6 cm³/mol. The standard InChI is InChI=1S/C13H13N3O5/c14-6-5-9-1-3-10(4-2-9)15-13(21)16(7-11(17)18)8-12(19)20/h1-4H,5,7-8H2,(H,15,21)(H,17,18)(H,19,20). The first-order valence-electron chi connectivity index (χ1n) is 5.87. The number of benzene rings is 1. The van der Waals surface area contributed by atoms with E-state index in [4.69, 9.17) is 15.5 Å². The van der Waals surface area contributed by atoms with E-state index >= 15 is 0 Å². The quantitative estimate of drug-likeness (QED) is 0.709. The molecule has 0 atom stereocenters. The number of rotatable bonds is 6. The van der Waals surface area contributed by atoms with Crippen molar-refractivity contribution in [3.8, 4) is 6.07 Å². The van der Waals surface area contributed by atoms with Gasteiger partial charge in [0.15, 0.2) is 0 Å². The van der Waals surface area contributed by atoms with Gasteiger partial charge in [-0.3, -0.25) is 9.59 Å². The third-order valence-electron chi connectivity index (χ3n) is 2.43. The van der Waals surface area contributed by atoms with Gasteiger partial charge in [-0.05, 0) is 17.7 Å². The second kappa shape index (κ2) is 7.49. The fourth-order valence-corrected chi connectivity index (χ4v) is 1.53. The number of aliphatic carboxylic acids is 2. The Kier molecular flexibility index (Phi) is 5.70. The summed E-state index contributed by atoms with van der Waals surface area (Å²) in [6, 6.07) is 7.52. The number of nitrogens with zero attached hydrogens (tertiary/aromatic N) is 2. The molecule has 0 aliphatic heterocycles. The van der Waals surface area contributed by atoms with Crippen LogP contribution < -0.4 is 5.32 Å². The topological polar surface area (TPSA) is 131 Å². The lowest BCUT2D eigenvalue weighted by Gasteiger charge is -2.19. The Morgan fingerprint density at radius 3 is 2.05 bits per heavy atom. The van der Waals surface area contributed by atoms with Gasteiger partial charge < -0.3 is 20.4 Å². The van der Waals surface area contributed by atoms with Gasteiger partial charge in [0, 0.05) is 5.69 Å². The SMILES string of the molecule is N#CCc1ccc(NC(=O)N(CC(=O)O)CC(=O)O)cc1. The lowest BCUT2D eigenvalue weighted by molar-refractivity contribution is -0.140. The van der Waals surface area contributed by atoms with Crippen LogP contribution in [0.25, 0.3) is 0 Å². The van der Waals surface area contributed by atoms with Gasteiger partial charge in [-0.15, -0.1) is 0 Å². The number of carboxylic acids is 2. The van der Waals surface area contributed by atoms with Crippen LogP contribution in [0.1, 0.15) is 5.56 Å². The van der Waals surface area contributed by atoms with Gasteiger partial charge in [-0.25, -0.2) is 4.79 Å². The van der Waals surface area contributed by atoms with E-state index in [0.717, 1.165) is 5.56 Å². The zero-order valence-corrected chi connectivity index (χ0v) is 10.9. The predicted octanol–water partition coefficient (Wildman–Crippen LogP) is 0.756. The molecular weight excluding hydrogens is 278 g/mol. The molecule has 0 aliphatic rings. The van der Waals surface area contributed by atoms with Crippen molar-refractivity contribution in [1.82, 2.24) is 4.90 Å². The Morgan fingerprint density at radius 2 is 1.62 bits per heavy atom. The van der Waals surface area contributed by atoms with Gasteiger partial charge in [-0.2, -0.15) is 5.26 Å². The van der Waals surface area contributed by atoms with E-state index < -0.39 is 31.1 Å². The van der Waals surface area contributed by atoms with Crippen LogP contribution in [0.3, 0.4) is 0 Å². The Labute approximate surface area is 120 Å². The van der Waals surface area contributed by atoms with E-state index in [1.54, 1.807) is 24.3 Å². The number of anilines is 1. The van der Waals surface area contributed by atoms with Crippen molar-refractivity contribution < 1.29 is 24.6 Å². The van der Waals surface area contributed by atoms with E-state index in [1.165, 1.54) is 0 Å². The Balaban J connectivity index is 2.73. The van der Waals surface area contributed by atoms with E-state index in [1.807, 2.05) is 6.07 Å². The van der Waals surface area contributed by atoms with Crippen LogP contribution >= 0.6 is 0 Å². The van der Waals surface area contributed by atoms with Crippen molar-refractivity contribution in [2.45, 2.75) is 6.42 Å². The summed E-state index contributed by atoms with van der Waals surface area (Å²) in [5, 5.41) is 28.3. The van der Waals surface area contributed by atoms with Crippen LogP contribution in [-0.4, -0.2) is 46.2 Å². The summed E-state index contributed by atoms with van der Waals surface area (Å²) in [6.45, 7) is -1.44. The second-order valence-electron chi connectivity index (χ2n) is 4.11. The number of carbonyl (C=O) groups is 3. The molecule has 3 N–H and O–H groups in total. The molecule has 1 aromatic carbocycles. The third-order valence-corrected chi connectivity index (χ3v) is 2.43. The van der Waals surface area contributed by atoms with Crippen LogP contribution in [0.4, 0.5) is 10.5 Å². The van der Waals surface area contributed by atoms with Crippen LogP contribution in [0, 0.1) is 11.3 Å². The smallest absolute Gasteiger partial charge is 0.323 e. The molecule has 0 heterocycles. The van der Waals surface area contributed by atoms with E-state index in [2.05, 4.69) is 5.32 Å². The van der Waals surface area contributed by atoms with Crippen molar-refractivity contribution in [1.29, 1.82) is 5.26 Å². The summed E-state index contributed by atoms with van der Waals surface area (Å²) in [7, 11) is 0. The first-order chi connectivity index (χ1) is 9.92. The van der Waals surface area contributed by atoms with E-state index in [0.29, 0.717) is 10.6 Å². The van der Waals surface area contributed by atoms with Crippen LogP contribution in [0.2, 0.25) is 0 Å². The third kappa shape index (κ3) is 5.61. The molecule has 0 aliphatic carbocycles. The van der Waals surface area contributed by atoms with Gasteiger partial charge in [0.25, 0.3) is 0 Å². The molecule has 1 aromatic rings. The van der Waals surface area contributed by atoms with Crippen molar-refractivity contribution >= 4 is 23.7 Å². The maximum Gasteiger partial charge on any atom is 0.323 e. The van der Waals surface area contributed by atoms with Gasteiger partial charge in [0.1, 0.15) is 13.1 Å². The Morgan fingerprint density at radius 1 is 1.10 bits per heavy atom. The average molecular weight is 291 g/mol. The summed E-state index contributed by atoms with van der Waals surface area (Å²) >= 11 is 0. The number of carbonyl (C=O) groups excluding carboxylic acids is 1. The molecule has 0 bridgehead atoms. The van der Waals surface area contributed by atoms with Crippen LogP contribution in [-0.2, 0) is 16.0 Å². The Bertz CT molecular complexity index is 560. The maximum absolute atomic E-state index is 11.8. The van der Waals surface area contributed by atoms with Crippen molar-refractivity contribution in [2.75, 3.05) is 18.4 Å². The minimum absolute atomic E-state index is 0.235. The monoisotopic (exact) mass is 291 g/mol. The number of nitriles is 1. The molecular formula is C13H13N3O5. The van der Waals surface area contributed by atoms with E-state index in [-0.39, 0.29) is 6.42 Å². The summed E-state index contributed by atoms with van der Waals surface area (Å²) in [5.41, 5.74) is 1.14. The number of hydrogen-bond acceptors (Lipinski definition) is 4. The highest BCUT2D eigenvalue weighted by molar-refractivity contribution is 5.93. The van der Waals surface area contributed by atoms with Crippen LogP contribution in [0.5, 0.6) is 0 Å². The molecule has 8 heteroatoms. The molecule has 0 saturated carbocycles. The summed E-state index contributed by atoms with van der Waals surface area (Å²) < 4.78 is 0. The van der Waals surface area contributed by atoms with Crippen molar-refractivity contribution in [2.24, 2.45) is 0 Å². The summed E-state index contributed by atoms with van der Waals surface area (Å²) in [4.78, 5) is 33.7. The first kappa shape index (κ1) is 16.0. The average Bonchev–Trinajstić information content (AvgIpc) is 2.39. The highest BCUT2D eigenvalue weighted by atomic mass is 16.4. The molecule has 8 nitrogen and oxygen atoms in total. The highest BCUT2D eigenvalue weighted by Crippen LogP contribution is 2.10. The fraction of sp³-hybridized carbons (Fsp3) is 0.231. The first-order valence-corrected chi connectivity index (χ1v) is 5.87. The molecule has 0 unspecified atom stereocenters. The molecule has 110 valence electrons. The zero-order chi connectivity index (χ0) is 15.8. The van der Waals surface area contributed by atoms with Gasteiger partial charge in [-0.1, -0.05) is 12.1 Å². The lowest BCUT2D eigenvalue weighted by Crippen LogP contribution is -2.41.